The van der Waals surface area contributed by atoms with Crippen LogP contribution in [-0.2, 0) is 56.6 Å². The standard InChI is InChI=1S/C27H33F6N7O9P2.2C10H8N2.Ru/c1-17(2)40(18(3)4)50(45-11-5-10-34)46-16-39-49-23(41)19-6-8-21(35-12-19)22-9-7-20(13-36-22)51(44,47-14-37-24(42)26(28,29)30)48-15-38-25(43)27(31,32)33;2*1-3-7-11-9(5-1)10-6-2-4-8-12-10;/h6-9,12-13,17-18,39H,5,11,14-16H2,1-4H3,(H,37,42)(H,38,43);2*1-8H;. The molecule has 6 rings (SSSR count). The maximum atomic E-state index is 13.3. The SMILES string of the molecule is CC(C)N(C(C)C)P(OCCC#N)OCNOC(=O)c1ccc(-c2ccc(P(=O)(OCNC(=O)C(F)(F)F)OCNC(=O)C(F)(F)F)cn2)nc1.[Ru].c1ccc(-c2ccccn2)nc1.c1ccc(-c2ccccn2)nc1. The molecule has 406 valence electrons. The molecule has 0 saturated heterocycles. The van der Waals surface area contributed by atoms with Crippen LogP contribution < -0.4 is 21.4 Å². The molecule has 3 N–H and O–H groups in total. The number of hydroxylamine groups is 1. The molecule has 6 aromatic rings. The Labute approximate surface area is 446 Å². The van der Waals surface area contributed by atoms with Gasteiger partial charge in [-0.3, -0.25) is 53.1 Å². The molecule has 6 aromatic heterocycles. The third-order valence-electron chi connectivity index (χ3n) is 9.02. The third-order valence-corrected chi connectivity index (χ3v) is 12.9. The van der Waals surface area contributed by atoms with Gasteiger partial charge in [0.25, 0.3) is 8.53 Å². The average molecular weight is 1190 g/mol. The summed E-state index contributed by atoms with van der Waals surface area (Å²) in [7, 11) is -6.41. The van der Waals surface area contributed by atoms with Crippen molar-refractivity contribution in [1.82, 2.24) is 50.7 Å². The molecule has 0 aromatic carbocycles. The predicted octanol–water partition coefficient (Wildman–Crippen LogP) is 8.46. The average Bonchev–Trinajstić information content (AvgIpc) is 3.40. The molecule has 20 nitrogen and oxygen atoms in total. The zero-order valence-corrected chi connectivity index (χ0v) is 44.2. The van der Waals surface area contributed by atoms with E-state index in [1.165, 1.54) is 28.8 Å². The van der Waals surface area contributed by atoms with Crippen molar-refractivity contribution in [3.05, 3.63) is 140 Å². The molecule has 0 fully saturated rings. The number of hydrogen-bond acceptors (Lipinski definition) is 18. The van der Waals surface area contributed by atoms with Gasteiger partial charge in [0, 0.05) is 68.7 Å². The van der Waals surface area contributed by atoms with E-state index < -0.39 is 65.0 Å². The number of carbonyl (C=O) groups is 3. The second-order valence-electron chi connectivity index (χ2n) is 15.1. The Kier molecular flexibility index (Phi) is 26.9. The number of amides is 2. The van der Waals surface area contributed by atoms with Gasteiger partial charge in [0.15, 0.2) is 0 Å². The third kappa shape index (κ3) is 21.6. The maximum Gasteiger partial charge on any atom is 0.471 e. The van der Waals surface area contributed by atoms with E-state index in [2.05, 4.69) is 35.4 Å². The number of pyridine rings is 6. The Hall–Kier alpha value is -6.58. The van der Waals surface area contributed by atoms with Crippen LogP contribution in [0.25, 0.3) is 34.2 Å². The topological polar surface area (TPSA) is 255 Å². The molecule has 0 saturated carbocycles. The van der Waals surface area contributed by atoms with Gasteiger partial charge in [0.05, 0.1) is 64.1 Å². The molecule has 0 aliphatic carbocycles. The van der Waals surface area contributed by atoms with Crippen molar-refractivity contribution >= 4 is 39.2 Å². The van der Waals surface area contributed by atoms with E-state index in [0.717, 1.165) is 41.2 Å². The van der Waals surface area contributed by atoms with Crippen LogP contribution in [0.1, 0.15) is 44.5 Å². The van der Waals surface area contributed by atoms with Crippen molar-refractivity contribution < 1.29 is 87.7 Å². The molecule has 0 radical (unpaired) electrons. The molecule has 0 aliphatic heterocycles. The summed E-state index contributed by atoms with van der Waals surface area (Å²) in [6.07, 6.45) is -1.45. The van der Waals surface area contributed by atoms with Gasteiger partial charge < -0.3 is 24.5 Å². The summed E-state index contributed by atoms with van der Waals surface area (Å²) in [4.78, 5) is 64.5. The molecular weight excluding hydrogens is 1140 g/mol. The van der Waals surface area contributed by atoms with E-state index in [0.29, 0.717) is 0 Å². The van der Waals surface area contributed by atoms with Crippen LogP contribution in [0.15, 0.2) is 134 Å². The maximum absolute atomic E-state index is 13.3. The number of rotatable bonds is 21. The molecule has 2 amide bonds. The van der Waals surface area contributed by atoms with Crippen molar-refractivity contribution in [2.24, 2.45) is 0 Å². The van der Waals surface area contributed by atoms with Gasteiger partial charge in [-0.1, -0.05) is 24.3 Å². The molecule has 0 bridgehead atoms. The van der Waals surface area contributed by atoms with Crippen LogP contribution in [-0.4, -0.2) is 104 Å². The summed E-state index contributed by atoms with van der Waals surface area (Å²) in [6.45, 7) is 4.99. The summed E-state index contributed by atoms with van der Waals surface area (Å²) in [5, 5.41) is 10.9. The Balaban J connectivity index is 0.000000485. The van der Waals surface area contributed by atoms with Crippen LogP contribution in [0.2, 0.25) is 0 Å². The minimum atomic E-state index is -5.33. The fraction of sp³-hybridized carbons (Fsp3) is 0.277. The molecule has 29 heteroatoms. The summed E-state index contributed by atoms with van der Waals surface area (Å²) in [5.74, 6) is -5.78. The van der Waals surface area contributed by atoms with Gasteiger partial charge in [-0.2, -0.15) is 31.6 Å². The molecule has 0 aliphatic rings. The quantitative estimate of drug-likeness (QED) is 0.0152. The first kappa shape index (κ1) is 63.7. The minimum Gasteiger partial charge on any atom is -0.364 e. The van der Waals surface area contributed by atoms with E-state index >= 15 is 0 Å². The zero-order valence-electron chi connectivity index (χ0n) is 40.7. The van der Waals surface area contributed by atoms with Crippen LogP contribution >= 0.6 is 16.1 Å². The van der Waals surface area contributed by atoms with E-state index in [9.17, 15) is 45.3 Å². The predicted molar refractivity (Wildman–Crippen MR) is 260 cm³/mol. The summed E-state index contributed by atoms with van der Waals surface area (Å²) >= 11 is 0. The summed E-state index contributed by atoms with van der Waals surface area (Å²) in [6, 6.07) is 30.2. The number of carbonyl (C=O) groups excluding carboxylic acids is 3. The van der Waals surface area contributed by atoms with Crippen molar-refractivity contribution in [2.75, 3.05) is 26.8 Å². The second-order valence-corrected chi connectivity index (χ2v) is 18.6. The van der Waals surface area contributed by atoms with E-state index in [1.54, 1.807) is 24.8 Å². The van der Waals surface area contributed by atoms with Crippen molar-refractivity contribution in [1.29, 1.82) is 5.26 Å². The van der Waals surface area contributed by atoms with Crippen LogP contribution in [0, 0.1) is 11.3 Å². The first-order chi connectivity index (χ1) is 35.7. The smallest absolute Gasteiger partial charge is 0.364 e. The normalized spacial score (nSPS) is 11.7. The van der Waals surface area contributed by atoms with E-state index in [4.69, 9.17) is 28.2 Å². The van der Waals surface area contributed by atoms with Crippen LogP contribution in [0.4, 0.5) is 26.3 Å². The number of nitrogens with zero attached hydrogens (tertiary/aromatic N) is 8. The monoisotopic (exact) mass is 1190 g/mol. The number of nitriles is 1. The number of halogens is 6. The Morgan fingerprint density at radius 3 is 1.38 bits per heavy atom. The first-order valence-electron chi connectivity index (χ1n) is 22.1. The first-order valence-corrected chi connectivity index (χ1v) is 24.7. The van der Waals surface area contributed by atoms with Gasteiger partial charge in [0.2, 0.25) is 0 Å². The van der Waals surface area contributed by atoms with Gasteiger partial charge in [-0.15, -0.1) is 5.48 Å². The number of aromatic nitrogens is 6. The number of nitrogens with one attached hydrogen (secondary N) is 3. The Bertz CT molecular complexity index is 2570. The van der Waals surface area contributed by atoms with Gasteiger partial charge in [0.1, 0.15) is 20.2 Å². The second kappa shape index (κ2) is 32.1. The minimum absolute atomic E-state index is 0. The summed E-state index contributed by atoms with van der Waals surface area (Å²) in [5.41, 5.74) is 6.29. The molecule has 0 spiro atoms. The molecular formula is C47H49F6N11O9P2Ru. The zero-order chi connectivity index (χ0) is 54.9. The molecule has 1 atom stereocenters. The Morgan fingerprint density at radius 1 is 0.618 bits per heavy atom. The van der Waals surface area contributed by atoms with Crippen molar-refractivity contribution in [3.8, 4) is 40.2 Å². The number of alkyl halides is 6. The molecule has 1 unspecified atom stereocenters. The van der Waals surface area contributed by atoms with E-state index in [1.807, 2.05) is 111 Å². The Morgan fingerprint density at radius 2 is 1.04 bits per heavy atom. The van der Waals surface area contributed by atoms with Crippen molar-refractivity contribution in [2.45, 2.75) is 58.6 Å². The molecule has 6 heterocycles. The fourth-order valence-corrected chi connectivity index (χ4v) is 8.53. The van der Waals surface area contributed by atoms with E-state index in [-0.39, 0.29) is 68.3 Å². The summed E-state index contributed by atoms with van der Waals surface area (Å²) < 4.78 is 111. The fourth-order valence-electron chi connectivity index (χ4n) is 5.72. The van der Waals surface area contributed by atoms with Gasteiger partial charge in [-0.05, 0) is 100 Å². The number of hydrogen-bond donors (Lipinski definition) is 3. The molecule has 76 heavy (non-hydrogen) atoms. The van der Waals surface area contributed by atoms with Gasteiger partial charge >= 0.3 is 37.7 Å². The van der Waals surface area contributed by atoms with Gasteiger partial charge in [-0.25, -0.2) is 9.46 Å². The van der Waals surface area contributed by atoms with Crippen molar-refractivity contribution in [3.63, 3.8) is 0 Å². The van der Waals surface area contributed by atoms with Crippen LogP contribution in [0.3, 0.4) is 0 Å². The van der Waals surface area contributed by atoms with Crippen LogP contribution in [0.5, 0.6) is 0 Å². The largest absolute Gasteiger partial charge is 0.471 e.